The van der Waals surface area contributed by atoms with Gasteiger partial charge in [-0.2, -0.15) is 18.3 Å². The average molecular weight is 292 g/mol. The Hall–Kier alpha value is -2.50. The van der Waals surface area contributed by atoms with Crippen LogP contribution >= 0.6 is 0 Å². The second kappa shape index (κ2) is 4.51. The van der Waals surface area contributed by atoms with Crippen LogP contribution in [-0.2, 0) is 13.2 Å². The molecular formula is C15H11F3N2O. The van der Waals surface area contributed by atoms with Crippen LogP contribution in [0.4, 0.5) is 13.2 Å². The van der Waals surface area contributed by atoms with Crippen LogP contribution in [0.5, 0.6) is 5.75 Å². The molecule has 0 amide bonds. The molecule has 0 saturated heterocycles. The molecule has 0 unspecified atom stereocenters. The van der Waals surface area contributed by atoms with Crippen molar-refractivity contribution in [1.82, 2.24) is 9.78 Å². The lowest BCUT2D eigenvalue weighted by Gasteiger charge is -2.06. The number of alkyl halides is 3. The van der Waals surface area contributed by atoms with Gasteiger partial charge in [-0.05, 0) is 42.5 Å². The van der Waals surface area contributed by atoms with E-state index in [1.165, 1.54) is 22.9 Å². The van der Waals surface area contributed by atoms with Gasteiger partial charge < -0.3 is 5.11 Å². The number of benzene rings is 2. The molecule has 6 heteroatoms. The van der Waals surface area contributed by atoms with Crippen molar-refractivity contribution in [2.24, 2.45) is 7.05 Å². The van der Waals surface area contributed by atoms with Crippen molar-refractivity contribution < 1.29 is 18.3 Å². The molecule has 3 rings (SSSR count). The fourth-order valence-electron chi connectivity index (χ4n) is 2.27. The average Bonchev–Trinajstić information content (AvgIpc) is 2.76. The molecule has 108 valence electrons. The summed E-state index contributed by atoms with van der Waals surface area (Å²) in [6.45, 7) is 0. The molecule has 21 heavy (non-hydrogen) atoms. The van der Waals surface area contributed by atoms with Gasteiger partial charge in [-0.1, -0.05) is 0 Å². The highest BCUT2D eigenvalue weighted by Crippen LogP contribution is 2.34. The zero-order valence-electron chi connectivity index (χ0n) is 11.0. The van der Waals surface area contributed by atoms with Crippen LogP contribution in [0, 0.1) is 0 Å². The number of hydrogen-bond donors (Lipinski definition) is 1. The Labute approximate surface area is 118 Å². The molecule has 1 heterocycles. The van der Waals surface area contributed by atoms with Crippen LogP contribution in [0.15, 0.2) is 42.5 Å². The van der Waals surface area contributed by atoms with Gasteiger partial charge in [-0.3, -0.25) is 4.68 Å². The number of aromatic hydroxyl groups is 1. The third-order valence-corrected chi connectivity index (χ3v) is 3.32. The summed E-state index contributed by atoms with van der Waals surface area (Å²) in [7, 11) is 1.60. The first-order chi connectivity index (χ1) is 9.86. The van der Waals surface area contributed by atoms with E-state index < -0.39 is 11.7 Å². The zero-order valence-corrected chi connectivity index (χ0v) is 11.0. The number of rotatable bonds is 1. The van der Waals surface area contributed by atoms with Crippen molar-refractivity contribution in [1.29, 1.82) is 0 Å². The number of fused-ring (bicyclic) bond motifs is 1. The minimum Gasteiger partial charge on any atom is -0.508 e. The summed E-state index contributed by atoms with van der Waals surface area (Å²) in [5.74, 6) is 0.123. The van der Waals surface area contributed by atoms with E-state index >= 15 is 0 Å². The lowest BCUT2D eigenvalue weighted by molar-refractivity contribution is -0.137. The highest BCUT2D eigenvalue weighted by atomic mass is 19.4. The lowest BCUT2D eigenvalue weighted by Crippen LogP contribution is -2.04. The summed E-state index contributed by atoms with van der Waals surface area (Å²) >= 11 is 0. The first-order valence-corrected chi connectivity index (χ1v) is 6.19. The van der Waals surface area contributed by atoms with E-state index in [-0.39, 0.29) is 5.75 Å². The minimum atomic E-state index is -4.38. The summed E-state index contributed by atoms with van der Waals surface area (Å²) in [5.41, 5.74) is 1.03. The first kappa shape index (κ1) is 13.5. The molecule has 1 N–H and O–H groups in total. The summed E-state index contributed by atoms with van der Waals surface area (Å²) in [5, 5.41) is 14.2. The molecule has 0 aliphatic carbocycles. The minimum absolute atomic E-state index is 0.123. The van der Waals surface area contributed by atoms with Crippen LogP contribution in [0.2, 0.25) is 0 Å². The number of aryl methyl sites for hydroxylation is 1. The summed E-state index contributed by atoms with van der Waals surface area (Å²) < 4.78 is 39.7. The Morgan fingerprint density at radius 3 is 2.33 bits per heavy atom. The monoisotopic (exact) mass is 292 g/mol. The molecule has 0 saturated carbocycles. The highest BCUT2D eigenvalue weighted by Gasteiger charge is 2.31. The Morgan fingerprint density at radius 1 is 1.05 bits per heavy atom. The van der Waals surface area contributed by atoms with Crippen molar-refractivity contribution in [3.05, 3.63) is 48.0 Å². The molecule has 2 aromatic carbocycles. The smallest absolute Gasteiger partial charge is 0.416 e. The Bertz CT molecular complexity index is 804. The summed E-state index contributed by atoms with van der Waals surface area (Å²) in [6, 6.07) is 9.94. The highest BCUT2D eigenvalue weighted by molar-refractivity contribution is 5.93. The molecule has 0 spiro atoms. The van der Waals surface area contributed by atoms with Gasteiger partial charge in [0.05, 0.1) is 11.1 Å². The van der Waals surface area contributed by atoms with Crippen LogP contribution in [0.1, 0.15) is 5.56 Å². The first-order valence-electron chi connectivity index (χ1n) is 6.19. The summed E-state index contributed by atoms with van der Waals surface area (Å²) in [4.78, 5) is 0. The molecule has 3 aromatic rings. The van der Waals surface area contributed by atoms with E-state index in [1.807, 2.05) is 0 Å². The molecule has 1 aromatic heterocycles. The molecule has 0 fully saturated rings. The quantitative estimate of drug-likeness (QED) is 0.737. The molecule has 0 aliphatic rings. The predicted molar refractivity (Wildman–Crippen MR) is 72.8 cm³/mol. The SMILES string of the molecule is Cn1nc(-c2ccc(O)cc2)c2ccc(C(F)(F)F)cc21. The van der Waals surface area contributed by atoms with Crippen molar-refractivity contribution in [2.45, 2.75) is 6.18 Å². The molecule has 0 bridgehead atoms. The van der Waals surface area contributed by atoms with Crippen LogP contribution in [-0.4, -0.2) is 14.9 Å². The summed E-state index contributed by atoms with van der Waals surface area (Å²) in [6.07, 6.45) is -4.38. The van der Waals surface area contributed by atoms with E-state index in [0.717, 1.165) is 17.7 Å². The molecule has 0 radical (unpaired) electrons. The standard InChI is InChI=1S/C15H11F3N2O/c1-20-13-8-10(15(16,17)18)4-7-12(13)14(19-20)9-2-5-11(21)6-3-9/h2-8,21H,1H3. The largest absolute Gasteiger partial charge is 0.508 e. The normalized spacial score (nSPS) is 12.0. The fourth-order valence-corrected chi connectivity index (χ4v) is 2.27. The maximum Gasteiger partial charge on any atom is 0.416 e. The van der Waals surface area contributed by atoms with Gasteiger partial charge in [0.25, 0.3) is 0 Å². The molecule has 0 atom stereocenters. The van der Waals surface area contributed by atoms with Crippen molar-refractivity contribution >= 4 is 10.9 Å². The van der Waals surface area contributed by atoms with Gasteiger partial charge in [0.1, 0.15) is 11.4 Å². The number of phenols is 1. The lowest BCUT2D eigenvalue weighted by atomic mass is 10.1. The predicted octanol–water partition coefficient (Wildman–Crippen LogP) is 3.96. The maximum absolute atomic E-state index is 12.8. The molecule has 3 nitrogen and oxygen atoms in total. The number of phenolic OH excluding ortho intramolecular Hbond substituents is 1. The van der Waals surface area contributed by atoms with Gasteiger partial charge in [0.2, 0.25) is 0 Å². The number of halogens is 3. The van der Waals surface area contributed by atoms with Gasteiger partial charge in [0.15, 0.2) is 0 Å². The van der Waals surface area contributed by atoms with E-state index in [2.05, 4.69) is 5.10 Å². The number of aromatic nitrogens is 2. The number of nitrogens with zero attached hydrogens (tertiary/aromatic N) is 2. The third kappa shape index (κ3) is 2.33. The van der Waals surface area contributed by atoms with Crippen LogP contribution < -0.4 is 0 Å². The van der Waals surface area contributed by atoms with Crippen molar-refractivity contribution in [3.8, 4) is 17.0 Å². The topological polar surface area (TPSA) is 38.0 Å². The molecular weight excluding hydrogens is 281 g/mol. The van der Waals surface area contributed by atoms with E-state index in [0.29, 0.717) is 16.6 Å². The second-order valence-corrected chi connectivity index (χ2v) is 4.75. The third-order valence-electron chi connectivity index (χ3n) is 3.32. The van der Waals surface area contributed by atoms with Crippen LogP contribution in [0.25, 0.3) is 22.2 Å². The second-order valence-electron chi connectivity index (χ2n) is 4.75. The van der Waals surface area contributed by atoms with E-state index in [9.17, 15) is 18.3 Å². The van der Waals surface area contributed by atoms with Gasteiger partial charge >= 0.3 is 6.18 Å². The Morgan fingerprint density at radius 2 is 1.71 bits per heavy atom. The van der Waals surface area contributed by atoms with Gasteiger partial charge in [-0.25, -0.2) is 0 Å². The van der Waals surface area contributed by atoms with E-state index in [4.69, 9.17) is 0 Å². The number of hydrogen-bond acceptors (Lipinski definition) is 2. The Kier molecular flexibility index (Phi) is 2.90. The van der Waals surface area contributed by atoms with Crippen molar-refractivity contribution in [3.63, 3.8) is 0 Å². The maximum atomic E-state index is 12.8. The van der Waals surface area contributed by atoms with Crippen molar-refractivity contribution in [2.75, 3.05) is 0 Å². The van der Waals surface area contributed by atoms with E-state index in [1.54, 1.807) is 19.2 Å². The van der Waals surface area contributed by atoms with Gasteiger partial charge in [0, 0.05) is 18.0 Å². The van der Waals surface area contributed by atoms with Crippen LogP contribution in [0.3, 0.4) is 0 Å². The zero-order chi connectivity index (χ0) is 15.2. The Balaban J connectivity index is 2.20. The molecule has 0 aliphatic heterocycles. The van der Waals surface area contributed by atoms with Gasteiger partial charge in [-0.15, -0.1) is 0 Å². The fraction of sp³-hybridized carbons (Fsp3) is 0.133.